The Bertz CT molecular complexity index is 432. The maximum Gasteiger partial charge on any atom is 0.433 e. The molecule has 100 valence electrons. The number of aromatic nitrogens is 2. The van der Waals surface area contributed by atoms with Crippen molar-refractivity contribution in [1.82, 2.24) is 9.97 Å². The average Bonchev–Trinajstić information content (AvgIpc) is 2.21. The van der Waals surface area contributed by atoms with Gasteiger partial charge in [-0.05, 0) is 30.4 Å². The molecule has 0 aromatic carbocycles. The van der Waals surface area contributed by atoms with E-state index in [2.05, 4.69) is 9.97 Å². The van der Waals surface area contributed by atoms with Gasteiger partial charge in [-0.2, -0.15) is 13.2 Å². The Morgan fingerprint density at radius 2 is 2.06 bits per heavy atom. The Labute approximate surface area is 108 Å². The number of nitrogens with zero attached hydrogens (tertiary/aromatic N) is 3. The summed E-state index contributed by atoms with van der Waals surface area (Å²) in [5.41, 5.74) is -1.00. The standard InChI is InChI=1S/C11H13ClF3N3/c1-18(6-7-3-2-4-7)9-5-8(11(13,14)15)16-10(12)17-9/h5,7H,2-4,6H2,1H3. The third kappa shape index (κ3) is 3.04. The van der Waals surface area contributed by atoms with Gasteiger partial charge in [-0.3, -0.25) is 0 Å². The Morgan fingerprint density at radius 3 is 2.56 bits per heavy atom. The van der Waals surface area contributed by atoms with Crippen molar-refractivity contribution in [2.75, 3.05) is 18.5 Å². The zero-order chi connectivity index (χ0) is 13.3. The normalized spacial score (nSPS) is 16.5. The summed E-state index contributed by atoms with van der Waals surface area (Å²) in [6.07, 6.45) is -1.07. The SMILES string of the molecule is CN(CC1CCC1)c1cc(C(F)(F)F)nc(Cl)n1. The summed E-state index contributed by atoms with van der Waals surface area (Å²) in [7, 11) is 1.72. The van der Waals surface area contributed by atoms with Crippen LogP contribution >= 0.6 is 11.6 Å². The summed E-state index contributed by atoms with van der Waals surface area (Å²) in [6.45, 7) is 0.699. The molecule has 0 aliphatic heterocycles. The van der Waals surface area contributed by atoms with Gasteiger partial charge in [0.2, 0.25) is 5.28 Å². The van der Waals surface area contributed by atoms with Crippen molar-refractivity contribution in [2.45, 2.75) is 25.4 Å². The Morgan fingerprint density at radius 1 is 1.39 bits per heavy atom. The fraction of sp³-hybridized carbons (Fsp3) is 0.636. The first-order chi connectivity index (χ1) is 8.36. The van der Waals surface area contributed by atoms with E-state index in [-0.39, 0.29) is 11.1 Å². The van der Waals surface area contributed by atoms with E-state index in [9.17, 15) is 13.2 Å². The summed E-state index contributed by atoms with van der Waals surface area (Å²) < 4.78 is 37.8. The van der Waals surface area contributed by atoms with E-state index in [1.54, 1.807) is 11.9 Å². The van der Waals surface area contributed by atoms with Gasteiger partial charge in [0.15, 0.2) is 5.69 Å². The zero-order valence-electron chi connectivity index (χ0n) is 9.84. The first kappa shape index (κ1) is 13.4. The molecule has 3 nitrogen and oxygen atoms in total. The van der Waals surface area contributed by atoms with Crippen LogP contribution in [0.4, 0.5) is 19.0 Å². The first-order valence-corrected chi connectivity index (χ1v) is 6.07. The number of hydrogen-bond donors (Lipinski definition) is 0. The van der Waals surface area contributed by atoms with Crippen LogP contribution in [0.5, 0.6) is 0 Å². The molecule has 0 saturated heterocycles. The van der Waals surface area contributed by atoms with Gasteiger partial charge in [-0.15, -0.1) is 0 Å². The fourth-order valence-corrected chi connectivity index (χ4v) is 2.08. The van der Waals surface area contributed by atoms with E-state index in [1.165, 1.54) is 6.42 Å². The number of hydrogen-bond acceptors (Lipinski definition) is 3. The van der Waals surface area contributed by atoms with E-state index in [0.29, 0.717) is 12.5 Å². The van der Waals surface area contributed by atoms with E-state index >= 15 is 0 Å². The van der Waals surface area contributed by atoms with Crippen molar-refractivity contribution in [3.63, 3.8) is 0 Å². The van der Waals surface area contributed by atoms with Crippen LogP contribution in [0.2, 0.25) is 5.28 Å². The molecular weight excluding hydrogens is 267 g/mol. The molecule has 7 heteroatoms. The summed E-state index contributed by atoms with van der Waals surface area (Å²) in [5.74, 6) is 0.757. The lowest BCUT2D eigenvalue weighted by molar-refractivity contribution is -0.141. The second kappa shape index (κ2) is 4.91. The van der Waals surface area contributed by atoms with Crippen LogP contribution in [-0.2, 0) is 6.18 Å². The van der Waals surface area contributed by atoms with Crippen molar-refractivity contribution in [3.8, 4) is 0 Å². The fourth-order valence-electron chi connectivity index (χ4n) is 1.90. The van der Waals surface area contributed by atoms with Gasteiger partial charge in [0, 0.05) is 19.7 Å². The minimum absolute atomic E-state index is 0.217. The lowest BCUT2D eigenvalue weighted by Crippen LogP contribution is -2.30. The largest absolute Gasteiger partial charge is 0.433 e. The molecule has 0 radical (unpaired) electrons. The molecule has 0 N–H and O–H groups in total. The summed E-state index contributed by atoms with van der Waals surface area (Å²) in [5, 5.41) is -0.375. The van der Waals surface area contributed by atoms with Crippen molar-refractivity contribution >= 4 is 17.4 Å². The molecule has 0 amide bonds. The minimum atomic E-state index is -4.50. The molecule has 2 rings (SSSR count). The van der Waals surface area contributed by atoms with Crippen LogP contribution in [0, 0.1) is 5.92 Å². The molecule has 0 unspecified atom stereocenters. The molecule has 0 spiro atoms. The summed E-state index contributed by atoms with van der Waals surface area (Å²) in [4.78, 5) is 8.74. The highest BCUT2D eigenvalue weighted by Gasteiger charge is 2.34. The second-order valence-electron chi connectivity index (χ2n) is 4.56. The van der Waals surface area contributed by atoms with Crippen LogP contribution < -0.4 is 4.90 Å². The van der Waals surface area contributed by atoms with E-state index in [1.807, 2.05) is 0 Å². The van der Waals surface area contributed by atoms with E-state index in [4.69, 9.17) is 11.6 Å². The van der Waals surface area contributed by atoms with Crippen molar-refractivity contribution < 1.29 is 13.2 Å². The molecule has 1 heterocycles. The van der Waals surface area contributed by atoms with Gasteiger partial charge in [0.05, 0.1) is 0 Å². The van der Waals surface area contributed by atoms with Crippen LogP contribution in [0.3, 0.4) is 0 Å². The highest BCUT2D eigenvalue weighted by Crippen LogP contribution is 2.32. The summed E-state index contributed by atoms with van der Waals surface area (Å²) in [6, 6.07) is 0.935. The number of rotatable bonds is 3. The third-order valence-electron chi connectivity index (χ3n) is 3.12. The number of alkyl halides is 3. The monoisotopic (exact) mass is 279 g/mol. The van der Waals surface area contributed by atoms with Gasteiger partial charge in [0.1, 0.15) is 5.82 Å². The Balaban J connectivity index is 2.18. The maximum absolute atomic E-state index is 12.6. The van der Waals surface area contributed by atoms with Gasteiger partial charge in [-0.1, -0.05) is 6.42 Å². The predicted molar refractivity (Wildman–Crippen MR) is 62.7 cm³/mol. The molecule has 0 bridgehead atoms. The molecule has 1 fully saturated rings. The lowest BCUT2D eigenvalue weighted by Gasteiger charge is -2.30. The lowest BCUT2D eigenvalue weighted by atomic mass is 9.85. The first-order valence-electron chi connectivity index (χ1n) is 5.69. The molecule has 0 atom stereocenters. The van der Waals surface area contributed by atoms with Crippen molar-refractivity contribution in [1.29, 1.82) is 0 Å². The van der Waals surface area contributed by atoms with Crippen LogP contribution in [0.1, 0.15) is 25.0 Å². The molecule has 18 heavy (non-hydrogen) atoms. The van der Waals surface area contributed by atoms with Gasteiger partial charge in [0.25, 0.3) is 0 Å². The van der Waals surface area contributed by atoms with Crippen LogP contribution in [0.15, 0.2) is 6.07 Å². The molecule has 1 aliphatic rings. The quantitative estimate of drug-likeness (QED) is 0.794. The maximum atomic E-state index is 12.6. The van der Waals surface area contributed by atoms with Crippen molar-refractivity contribution in [2.24, 2.45) is 5.92 Å². The average molecular weight is 280 g/mol. The molecule has 1 aromatic heterocycles. The predicted octanol–water partition coefficient (Wildman–Crippen LogP) is 3.39. The third-order valence-corrected chi connectivity index (χ3v) is 3.29. The Hall–Kier alpha value is -1.04. The molecule has 1 aliphatic carbocycles. The highest BCUT2D eigenvalue weighted by atomic mass is 35.5. The van der Waals surface area contributed by atoms with E-state index in [0.717, 1.165) is 18.9 Å². The van der Waals surface area contributed by atoms with E-state index < -0.39 is 11.9 Å². The Kier molecular flexibility index (Phi) is 3.66. The molecule has 1 aromatic rings. The van der Waals surface area contributed by atoms with Crippen molar-refractivity contribution in [3.05, 3.63) is 17.0 Å². The smallest absolute Gasteiger partial charge is 0.359 e. The summed E-state index contributed by atoms with van der Waals surface area (Å²) >= 11 is 5.54. The molecular formula is C11H13ClF3N3. The number of halogens is 4. The zero-order valence-corrected chi connectivity index (χ0v) is 10.6. The van der Waals surface area contributed by atoms with Gasteiger partial charge < -0.3 is 4.90 Å². The van der Waals surface area contributed by atoms with Crippen LogP contribution in [-0.4, -0.2) is 23.6 Å². The molecule has 1 saturated carbocycles. The highest BCUT2D eigenvalue weighted by molar-refractivity contribution is 6.28. The second-order valence-corrected chi connectivity index (χ2v) is 4.89. The van der Waals surface area contributed by atoms with Crippen LogP contribution in [0.25, 0.3) is 0 Å². The van der Waals surface area contributed by atoms with Gasteiger partial charge in [-0.25, -0.2) is 9.97 Å². The minimum Gasteiger partial charge on any atom is -0.359 e. The number of anilines is 1. The van der Waals surface area contributed by atoms with Gasteiger partial charge >= 0.3 is 6.18 Å². The topological polar surface area (TPSA) is 29.0 Å².